The Kier molecular flexibility index (Phi) is 8.72. The molecule has 1 aliphatic heterocycles. The summed E-state index contributed by atoms with van der Waals surface area (Å²) in [6.07, 6.45) is 4.12. The van der Waals surface area contributed by atoms with Crippen molar-refractivity contribution < 1.29 is 13.1 Å². The van der Waals surface area contributed by atoms with Crippen molar-refractivity contribution in [3.8, 4) is 0 Å². The van der Waals surface area contributed by atoms with Gasteiger partial charge in [-0.15, -0.1) is 0 Å². The Morgan fingerprint density at radius 1 is 1.23 bits per heavy atom. The Balaban J connectivity index is 1.74. The summed E-state index contributed by atoms with van der Waals surface area (Å²) in [6, 6.07) is 14.0. The van der Waals surface area contributed by atoms with Crippen molar-refractivity contribution in [3.63, 3.8) is 0 Å². The van der Waals surface area contributed by atoms with E-state index in [-0.39, 0.29) is 34.8 Å². The molecule has 0 aliphatic carbocycles. The molecule has 1 fully saturated rings. The van der Waals surface area contributed by atoms with Gasteiger partial charge < -0.3 is 15.1 Å². The van der Waals surface area contributed by atoms with Crippen LogP contribution in [0.3, 0.4) is 0 Å². The molecule has 0 radical (unpaired) electrons. The maximum absolute atomic E-state index is 13.8. The number of nitrogens with one attached hydrogen (secondary N) is 1. The molecule has 0 spiro atoms. The Morgan fingerprint density at radius 3 is 2.58 bits per heavy atom. The summed E-state index contributed by atoms with van der Waals surface area (Å²) in [7, 11) is 0. The predicted octanol–water partition coefficient (Wildman–Crippen LogP) is 6.49. The van der Waals surface area contributed by atoms with Crippen LogP contribution < -0.4 is 5.32 Å². The summed E-state index contributed by atoms with van der Waals surface area (Å²) in [5.74, 6) is -0.578. The molecule has 2 amide bonds. The molecule has 1 saturated heterocycles. The second-order valence-corrected chi connectivity index (χ2v) is 8.83. The molecule has 1 atom stereocenters. The van der Waals surface area contributed by atoms with E-state index in [1.165, 1.54) is 18.6 Å². The highest BCUT2D eigenvalue weighted by atomic mass is 32.2. The van der Waals surface area contributed by atoms with Crippen LogP contribution in [-0.4, -0.2) is 41.0 Å². The number of hydrogen-bond donors (Lipinski definition) is 1. The predicted molar refractivity (Wildman–Crippen MR) is 123 cm³/mol. The molecular formula is C24H31F2N3OS. The van der Waals surface area contributed by atoms with Gasteiger partial charge in [0.05, 0.1) is 12.1 Å². The Bertz CT molecular complexity index is 844. The van der Waals surface area contributed by atoms with Gasteiger partial charge in [-0.2, -0.15) is 3.89 Å². The van der Waals surface area contributed by atoms with Gasteiger partial charge in [-0.05, 0) is 49.9 Å². The van der Waals surface area contributed by atoms with E-state index in [0.717, 1.165) is 44.0 Å². The van der Waals surface area contributed by atoms with Crippen LogP contribution in [-0.2, 0) is 6.54 Å². The Labute approximate surface area is 188 Å². The van der Waals surface area contributed by atoms with E-state index in [1.54, 1.807) is 0 Å². The summed E-state index contributed by atoms with van der Waals surface area (Å²) < 4.78 is 26.7. The molecule has 168 valence electrons. The van der Waals surface area contributed by atoms with Gasteiger partial charge in [0.2, 0.25) is 0 Å². The fourth-order valence-corrected chi connectivity index (χ4v) is 4.59. The van der Waals surface area contributed by atoms with Crippen molar-refractivity contribution in [2.24, 2.45) is 0 Å². The first-order valence-corrected chi connectivity index (χ1v) is 11.7. The van der Waals surface area contributed by atoms with Crippen LogP contribution in [0.25, 0.3) is 0 Å². The number of carbonyl (C=O) groups is 1. The summed E-state index contributed by atoms with van der Waals surface area (Å²) >= 11 is -0.0403. The largest absolute Gasteiger partial charge is 0.322 e. The summed E-state index contributed by atoms with van der Waals surface area (Å²) in [6.45, 7) is 6.85. The number of halogens is 2. The first-order valence-electron chi connectivity index (χ1n) is 10.9. The highest BCUT2D eigenvalue weighted by Crippen LogP contribution is 2.26. The van der Waals surface area contributed by atoms with Gasteiger partial charge in [0, 0.05) is 42.3 Å². The van der Waals surface area contributed by atoms with Crippen LogP contribution in [0, 0.1) is 5.82 Å². The van der Waals surface area contributed by atoms with Crippen molar-refractivity contribution in [2.75, 3.05) is 18.4 Å². The number of amides is 2. The number of urea groups is 1. The number of anilines is 1. The highest BCUT2D eigenvalue weighted by molar-refractivity contribution is 7.94. The molecular weight excluding hydrogens is 416 g/mol. The molecule has 1 unspecified atom stereocenters. The first-order chi connectivity index (χ1) is 15.0. The lowest BCUT2D eigenvalue weighted by Gasteiger charge is -2.40. The second-order valence-electron chi connectivity index (χ2n) is 8.20. The number of piperidine rings is 1. The molecule has 1 aliphatic rings. The fourth-order valence-electron chi connectivity index (χ4n) is 4.26. The second kappa shape index (κ2) is 11.5. The van der Waals surface area contributed by atoms with Crippen LogP contribution >= 0.6 is 12.1 Å². The van der Waals surface area contributed by atoms with Crippen LogP contribution in [0.1, 0.15) is 45.1 Å². The third-order valence-corrected chi connectivity index (χ3v) is 6.35. The number of likely N-dealkylation sites (tertiary alicyclic amines) is 1. The maximum Gasteiger partial charge on any atom is 0.322 e. The molecule has 4 nitrogen and oxygen atoms in total. The minimum absolute atomic E-state index is 0.0403. The SMILES string of the molecule is CCCC(C)N1CCC(N(Cc2ccccc2)C(=O)Nc2cc(F)cc(SF)c2)CC1. The molecule has 0 saturated carbocycles. The topological polar surface area (TPSA) is 35.6 Å². The van der Waals surface area contributed by atoms with Crippen LogP contribution in [0.4, 0.5) is 18.8 Å². The van der Waals surface area contributed by atoms with Gasteiger partial charge in [-0.3, -0.25) is 0 Å². The van der Waals surface area contributed by atoms with Gasteiger partial charge in [-0.1, -0.05) is 43.7 Å². The lowest BCUT2D eigenvalue weighted by molar-refractivity contribution is 0.0989. The monoisotopic (exact) mass is 447 g/mol. The van der Waals surface area contributed by atoms with E-state index in [1.807, 2.05) is 35.2 Å². The van der Waals surface area contributed by atoms with Gasteiger partial charge in [0.15, 0.2) is 0 Å². The lowest BCUT2D eigenvalue weighted by Crippen LogP contribution is -2.50. The van der Waals surface area contributed by atoms with Gasteiger partial charge in [0.25, 0.3) is 0 Å². The zero-order chi connectivity index (χ0) is 22.2. The molecule has 2 aromatic rings. The van der Waals surface area contributed by atoms with E-state index < -0.39 is 5.82 Å². The van der Waals surface area contributed by atoms with Gasteiger partial charge in [0.1, 0.15) is 5.82 Å². The average molecular weight is 448 g/mol. The van der Waals surface area contributed by atoms with E-state index in [4.69, 9.17) is 0 Å². The third-order valence-electron chi connectivity index (χ3n) is 5.94. The summed E-state index contributed by atoms with van der Waals surface area (Å²) in [5, 5.41) is 2.78. The zero-order valence-corrected chi connectivity index (χ0v) is 19.0. The Hall–Kier alpha value is -2.12. The maximum atomic E-state index is 13.8. The van der Waals surface area contributed by atoms with Crippen LogP contribution in [0.5, 0.6) is 0 Å². The van der Waals surface area contributed by atoms with E-state index >= 15 is 0 Å². The molecule has 31 heavy (non-hydrogen) atoms. The number of carbonyl (C=O) groups excluding carboxylic acids is 1. The molecule has 1 heterocycles. The van der Waals surface area contributed by atoms with Crippen molar-refractivity contribution >= 4 is 23.9 Å². The first kappa shape index (κ1) is 23.5. The van der Waals surface area contributed by atoms with E-state index in [0.29, 0.717) is 12.6 Å². The van der Waals surface area contributed by atoms with E-state index in [9.17, 15) is 13.1 Å². The third kappa shape index (κ3) is 6.68. The summed E-state index contributed by atoms with van der Waals surface area (Å²) in [5.41, 5.74) is 1.30. The zero-order valence-electron chi connectivity index (χ0n) is 18.2. The standard InChI is InChI=1S/C24H31F2N3OS/c1-3-7-18(2)28-12-10-22(11-13-28)29(17-19-8-5-4-6-9-19)24(30)27-21-14-20(25)15-23(16-21)31-26/h4-6,8-9,14-16,18,22H,3,7,10-13,17H2,1-2H3,(H,27,30). The van der Waals surface area contributed by atoms with Crippen LogP contribution in [0.15, 0.2) is 53.4 Å². The van der Waals surface area contributed by atoms with Crippen molar-refractivity contribution in [1.82, 2.24) is 9.80 Å². The molecule has 3 rings (SSSR count). The molecule has 7 heteroatoms. The molecule has 2 aromatic carbocycles. The highest BCUT2D eigenvalue weighted by Gasteiger charge is 2.29. The lowest BCUT2D eigenvalue weighted by atomic mass is 10.00. The number of hydrogen-bond acceptors (Lipinski definition) is 3. The van der Waals surface area contributed by atoms with Crippen molar-refractivity contribution in [3.05, 3.63) is 59.9 Å². The molecule has 0 bridgehead atoms. The number of nitrogens with zero attached hydrogens (tertiary/aromatic N) is 2. The van der Waals surface area contributed by atoms with E-state index in [2.05, 4.69) is 24.1 Å². The normalized spacial score (nSPS) is 16.1. The molecule has 1 N–H and O–H groups in total. The average Bonchev–Trinajstić information content (AvgIpc) is 2.78. The number of rotatable bonds is 8. The minimum atomic E-state index is -0.578. The van der Waals surface area contributed by atoms with Crippen LogP contribution in [0.2, 0.25) is 0 Å². The molecule has 0 aromatic heterocycles. The number of benzene rings is 2. The van der Waals surface area contributed by atoms with Gasteiger partial charge >= 0.3 is 6.03 Å². The van der Waals surface area contributed by atoms with Crippen molar-refractivity contribution in [1.29, 1.82) is 0 Å². The Morgan fingerprint density at radius 2 is 1.94 bits per heavy atom. The van der Waals surface area contributed by atoms with Crippen molar-refractivity contribution in [2.45, 2.75) is 63.1 Å². The smallest absolute Gasteiger partial charge is 0.317 e. The fraction of sp³-hybridized carbons (Fsp3) is 0.458. The minimum Gasteiger partial charge on any atom is -0.317 e. The van der Waals surface area contributed by atoms with Gasteiger partial charge in [-0.25, -0.2) is 9.18 Å². The summed E-state index contributed by atoms with van der Waals surface area (Å²) in [4.78, 5) is 17.7. The quantitative estimate of drug-likeness (QED) is 0.502.